The number of para-hydroxylation sites is 1. The summed E-state index contributed by atoms with van der Waals surface area (Å²) in [4.78, 5) is 33.2. The summed E-state index contributed by atoms with van der Waals surface area (Å²) in [6.45, 7) is 7.73. The summed E-state index contributed by atoms with van der Waals surface area (Å²) >= 11 is 0. The number of carbonyl (C=O) groups excluding carboxylic acids is 2. The Morgan fingerprint density at radius 3 is 2.58 bits per heavy atom. The number of piperidine rings is 2. The summed E-state index contributed by atoms with van der Waals surface area (Å²) in [6, 6.07) is 9.89. The van der Waals surface area contributed by atoms with Gasteiger partial charge in [-0.25, -0.2) is 0 Å². The van der Waals surface area contributed by atoms with Crippen molar-refractivity contribution in [3.63, 3.8) is 0 Å². The Labute approximate surface area is 185 Å². The number of carbonyl (C=O) groups is 2. The molecule has 3 heterocycles. The predicted molar refractivity (Wildman–Crippen MR) is 124 cm³/mol. The molecule has 0 unspecified atom stereocenters. The molecule has 2 aliphatic rings. The maximum Gasteiger partial charge on any atom is 0.270 e. The van der Waals surface area contributed by atoms with Crippen molar-refractivity contribution in [2.75, 3.05) is 39.3 Å². The van der Waals surface area contributed by atoms with Crippen molar-refractivity contribution in [3.8, 4) is 0 Å². The van der Waals surface area contributed by atoms with Gasteiger partial charge in [0, 0.05) is 36.5 Å². The molecule has 0 bridgehead atoms. The first-order valence-corrected chi connectivity index (χ1v) is 12.0. The number of aromatic amines is 1. The highest BCUT2D eigenvalue weighted by Crippen LogP contribution is 2.26. The van der Waals surface area contributed by atoms with Gasteiger partial charge < -0.3 is 20.1 Å². The lowest BCUT2D eigenvalue weighted by Gasteiger charge is -2.34. The minimum atomic E-state index is 0.000291. The van der Waals surface area contributed by atoms with Crippen molar-refractivity contribution in [1.82, 2.24) is 20.1 Å². The molecule has 2 saturated heterocycles. The molecule has 2 amide bonds. The topological polar surface area (TPSA) is 68.4 Å². The predicted octanol–water partition coefficient (Wildman–Crippen LogP) is 3.65. The normalized spacial score (nSPS) is 19.5. The Kier molecular flexibility index (Phi) is 7.28. The maximum atomic E-state index is 12.9. The first-order chi connectivity index (χ1) is 15.1. The number of likely N-dealkylation sites (tertiary alicyclic amines) is 2. The van der Waals surface area contributed by atoms with Crippen LogP contribution in [-0.2, 0) is 4.79 Å². The van der Waals surface area contributed by atoms with Crippen LogP contribution in [0, 0.1) is 11.8 Å². The highest BCUT2D eigenvalue weighted by molar-refractivity contribution is 5.98. The SMILES string of the molecule is C[C@@H](C(=O)NCCCN1CCCCC1)C1CCN(C(=O)c2cc3ccccc3[nH]2)CC1. The van der Waals surface area contributed by atoms with Crippen LogP contribution in [-0.4, -0.2) is 65.9 Å². The van der Waals surface area contributed by atoms with E-state index in [1.807, 2.05) is 42.2 Å². The third kappa shape index (κ3) is 5.48. The van der Waals surface area contributed by atoms with Gasteiger partial charge in [0.2, 0.25) is 5.91 Å². The standard InChI is InChI=1S/C25H36N4O2/c1-19(24(30)26-12-7-15-28-13-5-2-6-14-28)20-10-16-29(17-11-20)25(31)23-18-21-8-3-4-9-22(21)27-23/h3-4,8-9,18-20,27H,2,5-7,10-17H2,1H3,(H,26,30)/t19-/m1/s1. The Morgan fingerprint density at radius 2 is 1.84 bits per heavy atom. The number of rotatable bonds is 7. The van der Waals surface area contributed by atoms with E-state index in [0.717, 1.165) is 43.3 Å². The van der Waals surface area contributed by atoms with Crippen LogP contribution in [0.4, 0.5) is 0 Å². The average Bonchev–Trinajstić information content (AvgIpc) is 3.26. The molecular weight excluding hydrogens is 388 g/mol. The Balaban J connectivity index is 1.19. The zero-order valence-corrected chi connectivity index (χ0v) is 18.7. The first kappa shape index (κ1) is 21.9. The van der Waals surface area contributed by atoms with Gasteiger partial charge in [-0.3, -0.25) is 9.59 Å². The molecule has 31 heavy (non-hydrogen) atoms. The molecule has 4 rings (SSSR count). The van der Waals surface area contributed by atoms with Crippen LogP contribution in [0.15, 0.2) is 30.3 Å². The summed E-state index contributed by atoms with van der Waals surface area (Å²) in [6.07, 6.45) is 6.77. The zero-order chi connectivity index (χ0) is 21.6. The fourth-order valence-corrected chi connectivity index (χ4v) is 5.03. The molecule has 6 heteroatoms. The monoisotopic (exact) mass is 424 g/mol. The third-order valence-corrected chi connectivity index (χ3v) is 7.11. The summed E-state index contributed by atoms with van der Waals surface area (Å²) in [5, 5.41) is 4.20. The van der Waals surface area contributed by atoms with Crippen LogP contribution in [0.5, 0.6) is 0 Å². The van der Waals surface area contributed by atoms with Gasteiger partial charge in [-0.2, -0.15) is 0 Å². The van der Waals surface area contributed by atoms with E-state index in [-0.39, 0.29) is 17.7 Å². The molecule has 1 aromatic heterocycles. The van der Waals surface area contributed by atoms with Gasteiger partial charge in [0.15, 0.2) is 0 Å². The Hall–Kier alpha value is -2.34. The van der Waals surface area contributed by atoms with E-state index in [2.05, 4.69) is 15.2 Å². The summed E-state index contributed by atoms with van der Waals surface area (Å²) in [7, 11) is 0. The van der Waals surface area contributed by atoms with E-state index in [1.54, 1.807) is 0 Å². The van der Waals surface area contributed by atoms with Gasteiger partial charge in [0.25, 0.3) is 5.91 Å². The van der Waals surface area contributed by atoms with Crippen molar-refractivity contribution >= 4 is 22.7 Å². The maximum absolute atomic E-state index is 12.9. The van der Waals surface area contributed by atoms with Gasteiger partial charge in [-0.1, -0.05) is 31.5 Å². The molecule has 2 N–H and O–H groups in total. The van der Waals surface area contributed by atoms with Crippen LogP contribution in [0.3, 0.4) is 0 Å². The molecule has 0 spiro atoms. The molecule has 2 aromatic rings. The number of nitrogens with zero attached hydrogens (tertiary/aromatic N) is 2. The van der Waals surface area contributed by atoms with Crippen molar-refractivity contribution in [1.29, 1.82) is 0 Å². The van der Waals surface area contributed by atoms with E-state index in [4.69, 9.17) is 0 Å². The highest BCUT2D eigenvalue weighted by Gasteiger charge is 2.30. The third-order valence-electron chi connectivity index (χ3n) is 7.11. The van der Waals surface area contributed by atoms with Crippen LogP contribution in [0.25, 0.3) is 10.9 Å². The lowest BCUT2D eigenvalue weighted by atomic mass is 9.84. The number of hydrogen-bond acceptors (Lipinski definition) is 3. The fraction of sp³-hybridized carbons (Fsp3) is 0.600. The summed E-state index contributed by atoms with van der Waals surface area (Å²) < 4.78 is 0. The van der Waals surface area contributed by atoms with Crippen molar-refractivity contribution in [3.05, 3.63) is 36.0 Å². The van der Waals surface area contributed by atoms with Gasteiger partial charge >= 0.3 is 0 Å². The van der Waals surface area contributed by atoms with Crippen molar-refractivity contribution in [2.45, 2.75) is 45.4 Å². The number of hydrogen-bond donors (Lipinski definition) is 2. The molecule has 0 radical (unpaired) electrons. The highest BCUT2D eigenvalue weighted by atomic mass is 16.2. The molecule has 0 aliphatic carbocycles. The summed E-state index contributed by atoms with van der Waals surface area (Å²) in [5.41, 5.74) is 1.64. The second-order valence-corrected chi connectivity index (χ2v) is 9.24. The largest absolute Gasteiger partial charge is 0.356 e. The van der Waals surface area contributed by atoms with E-state index in [9.17, 15) is 9.59 Å². The molecule has 2 fully saturated rings. The van der Waals surface area contributed by atoms with Crippen LogP contribution in [0.1, 0.15) is 55.9 Å². The second kappa shape index (κ2) is 10.3. The number of nitrogens with one attached hydrogen (secondary N) is 2. The quantitative estimate of drug-likeness (QED) is 0.667. The van der Waals surface area contributed by atoms with E-state index < -0.39 is 0 Å². The van der Waals surface area contributed by atoms with E-state index >= 15 is 0 Å². The number of aromatic nitrogens is 1. The number of fused-ring (bicyclic) bond motifs is 1. The molecule has 1 aromatic carbocycles. The molecular formula is C25H36N4O2. The minimum absolute atomic E-state index is 0.000291. The van der Waals surface area contributed by atoms with Crippen molar-refractivity contribution < 1.29 is 9.59 Å². The lowest BCUT2D eigenvalue weighted by molar-refractivity contribution is -0.126. The average molecular weight is 425 g/mol. The van der Waals surface area contributed by atoms with Crippen LogP contribution in [0.2, 0.25) is 0 Å². The van der Waals surface area contributed by atoms with E-state index in [1.165, 1.54) is 32.4 Å². The molecule has 6 nitrogen and oxygen atoms in total. The Morgan fingerprint density at radius 1 is 1.10 bits per heavy atom. The molecule has 168 valence electrons. The molecule has 2 aliphatic heterocycles. The summed E-state index contributed by atoms with van der Waals surface area (Å²) in [5.74, 6) is 0.567. The first-order valence-electron chi connectivity index (χ1n) is 12.0. The van der Waals surface area contributed by atoms with Crippen LogP contribution >= 0.6 is 0 Å². The molecule has 0 saturated carbocycles. The fourth-order valence-electron chi connectivity index (χ4n) is 5.03. The van der Waals surface area contributed by atoms with Gasteiger partial charge in [-0.05, 0) is 69.8 Å². The number of H-pyrrole nitrogens is 1. The molecule has 1 atom stereocenters. The van der Waals surface area contributed by atoms with Crippen molar-refractivity contribution in [2.24, 2.45) is 11.8 Å². The smallest absolute Gasteiger partial charge is 0.270 e. The second-order valence-electron chi connectivity index (χ2n) is 9.24. The van der Waals surface area contributed by atoms with Gasteiger partial charge in [-0.15, -0.1) is 0 Å². The number of amides is 2. The van der Waals surface area contributed by atoms with Gasteiger partial charge in [0.05, 0.1) is 0 Å². The van der Waals surface area contributed by atoms with E-state index in [0.29, 0.717) is 24.7 Å². The Bertz CT molecular complexity index is 846. The minimum Gasteiger partial charge on any atom is -0.356 e. The van der Waals surface area contributed by atoms with Gasteiger partial charge in [0.1, 0.15) is 5.69 Å². The number of benzene rings is 1. The zero-order valence-electron chi connectivity index (χ0n) is 18.7. The van der Waals surface area contributed by atoms with Crippen LogP contribution < -0.4 is 5.32 Å². The lowest BCUT2D eigenvalue weighted by Crippen LogP contribution is -2.43.